The van der Waals surface area contributed by atoms with Gasteiger partial charge in [-0.15, -0.1) is 11.3 Å². The lowest BCUT2D eigenvalue weighted by atomic mass is 9.93. The van der Waals surface area contributed by atoms with Crippen LogP contribution >= 0.6 is 11.3 Å². The van der Waals surface area contributed by atoms with Gasteiger partial charge in [0.15, 0.2) is 0 Å². The van der Waals surface area contributed by atoms with E-state index in [0.717, 1.165) is 55.8 Å². The molecule has 1 fully saturated rings. The monoisotopic (exact) mass is 429 g/mol. The van der Waals surface area contributed by atoms with Gasteiger partial charge >= 0.3 is 0 Å². The van der Waals surface area contributed by atoms with Crippen LogP contribution in [0, 0.1) is 12.8 Å². The highest BCUT2D eigenvalue weighted by Gasteiger charge is 2.24. The number of piperidine rings is 1. The van der Waals surface area contributed by atoms with E-state index in [2.05, 4.69) is 10.3 Å². The zero-order valence-electron chi connectivity index (χ0n) is 17.9. The number of aromatic nitrogens is 1. The molecular formula is C23H31N3O3S. The molecule has 30 heavy (non-hydrogen) atoms. The molecule has 2 aromatic rings. The van der Waals surface area contributed by atoms with Crippen LogP contribution in [0.25, 0.3) is 0 Å². The maximum atomic E-state index is 12.6. The van der Waals surface area contributed by atoms with E-state index < -0.39 is 0 Å². The van der Waals surface area contributed by atoms with Crippen LogP contribution in [0.3, 0.4) is 0 Å². The van der Waals surface area contributed by atoms with Crippen LogP contribution in [0.4, 0.5) is 0 Å². The first-order valence-corrected chi connectivity index (χ1v) is 11.5. The topological polar surface area (TPSA) is 71.5 Å². The van der Waals surface area contributed by atoms with Crippen molar-refractivity contribution in [3.8, 4) is 5.75 Å². The summed E-state index contributed by atoms with van der Waals surface area (Å²) in [4.78, 5) is 32.3. The third-order valence-electron chi connectivity index (χ3n) is 5.69. The summed E-state index contributed by atoms with van der Waals surface area (Å²) in [6, 6.07) is 7.71. The molecule has 0 spiro atoms. The van der Waals surface area contributed by atoms with E-state index in [1.807, 2.05) is 41.6 Å². The largest absolute Gasteiger partial charge is 0.497 e. The van der Waals surface area contributed by atoms with Crippen molar-refractivity contribution >= 4 is 23.2 Å². The number of amides is 2. The molecule has 1 unspecified atom stereocenters. The minimum Gasteiger partial charge on any atom is -0.497 e. The maximum Gasteiger partial charge on any atom is 0.222 e. The summed E-state index contributed by atoms with van der Waals surface area (Å²) in [6.07, 6.45) is 4.72. The lowest BCUT2D eigenvalue weighted by Crippen LogP contribution is -2.40. The number of methoxy groups -OCH3 is 1. The maximum absolute atomic E-state index is 12.6. The van der Waals surface area contributed by atoms with Crippen LogP contribution in [-0.2, 0) is 22.6 Å². The SMILES string of the molecule is COc1cccc(CNC(=O)CCC2CCCN(C(=O)CCc3scnc3C)C2)c1. The standard InChI is InChI=1S/C23H31N3O3S/c1-17-21(30-16-25-17)9-11-23(28)26-12-4-6-18(15-26)8-10-22(27)24-14-19-5-3-7-20(13-19)29-2/h3,5,7,13,16,18H,4,6,8-12,14-15H2,1-2H3,(H,24,27). The fourth-order valence-corrected chi connectivity index (χ4v) is 4.66. The normalized spacial score (nSPS) is 16.3. The number of hydrogen-bond acceptors (Lipinski definition) is 5. The van der Waals surface area contributed by atoms with E-state index in [0.29, 0.717) is 25.3 Å². The zero-order chi connectivity index (χ0) is 21.3. The Balaban J connectivity index is 1.38. The Morgan fingerprint density at radius 2 is 2.20 bits per heavy atom. The summed E-state index contributed by atoms with van der Waals surface area (Å²) in [5, 5.41) is 2.99. The first-order chi connectivity index (χ1) is 14.5. The number of rotatable bonds is 9. The number of nitrogens with zero attached hydrogens (tertiary/aromatic N) is 2. The number of thiazole rings is 1. The quantitative estimate of drug-likeness (QED) is 0.659. The van der Waals surface area contributed by atoms with Gasteiger partial charge in [-0.1, -0.05) is 12.1 Å². The second-order valence-corrected chi connectivity index (χ2v) is 8.82. The Morgan fingerprint density at radius 1 is 1.33 bits per heavy atom. The van der Waals surface area contributed by atoms with Gasteiger partial charge in [0.1, 0.15) is 5.75 Å². The minimum atomic E-state index is 0.0574. The van der Waals surface area contributed by atoms with Gasteiger partial charge in [0.2, 0.25) is 11.8 Å². The van der Waals surface area contributed by atoms with Crippen molar-refractivity contribution in [3.05, 3.63) is 45.9 Å². The fraction of sp³-hybridized carbons (Fsp3) is 0.522. The lowest BCUT2D eigenvalue weighted by Gasteiger charge is -2.33. The number of carbonyl (C=O) groups is 2. The zero-order valence-corrected chi connectivity index (χ0v) is 18.7. The summed E-state index contributed by atoms with van der Waals surface area (Å²) in [5.41, 5.74) is 3.89. The molecule has 1 atom stereocenters. The van der Waals surface area contributed by atoms with Gasteiger partial charge < -0.3 is 15.0 Å². The van der Waals surface area contributed by atoms with Gasteiger partial charge in [0, 0.05) is 37.4 Å². The second-order valence-electron chi connectivity index (χ2n) is 7.88. The van der Waals surface area contributed by atoms with Crippen LogP contribution in [0.15, 0.2) is 29.8 Å². The van der Waals surface area contributed by atoms with Gasteiger partial charge in [0.05, 0.1) is 18.3 Å². The molecule has 0 aliphatic carbocycles. The van der Waals surface area contributed by atoms with Gasteiger partial charge in [-0.05, 0) is 56.2 Å². The predicted octanol–water partition coefficient (Wildman–Crippen LogP) is 3.73. The van der Waals surface area contributed by atoms with Gasteiger partial charge in [-0.3, -0.25) is 9.59 Å². The number of ether oxygens (including phenoxy) is 1. The molecule has 0 bridgehead atoms. The Hall–Kier alpha value is -2.41. The van der Waals surface area contributed by atoms with Gasteiger partial charge in [0.25, 0.3) is 0 Å². The van der Waals surface area contributed by atoms with Gasteiger partial charge in [-0.2, -0.15) is 0 Å². The molecule has 0 saturated carbocycles. The number of carbonyl (C=O) groups excluding carboxylic acids is 2. The number of hydrogen-bond donors (Lipinski definition) is 1. The average molecular weight is 430 g/mol. The minimum absolute atomic E-state index is 0.0574. The molecule has 1 saturated heterocycles. The molecule has 1 aromatic carbocycles. The van der Waals surface area contributed by atoms with Crippen molar-refractivity contribution in [2.75, 3.05) is 20.2 Å². The Labute approximate surface area is 182 Å². The Morgan fingerprint density at radius 3 is 2.97 bits per heavy atom. The molecule has 6 nitrogen and oxygen atoms in total. The molecule has 0 radical (unpaired) electrons. The summed E-state index contributed by atoms with van der Waals surface area (Å²) >= 11 is 1.62. The van der Waals surface area contributed by atoms with E-state index in [4.69, 9.17) is 4.74 Å². The second kappa shape index (κ2) is 11.1. The summed E-state index contributed by atoms with van der Waals surface area (Å²) < 4.78 is 5.21. The van der Waals surface area contributed by atoms with E-state index in [1.54, 1.807) is 18.4 Å². The highest BCUT2D eigenvalue weighted by molar-refractivity contribution is 7.09. The van der Waals surface area contributed by atoms with Crippen molar-refractivity contribution in [1.82, 2.24) is 15.2 Å². The van der Waals surface area contributed by atoms with Crippen LogP contribution in [-0.4, -0.2) is 41.9 Å². The number of benzene rings is 1. The van der Waals surface area contributed by atoms with Crippen LogP contribution in [0.5, 0.6) is 5.75 Å². The summed E-state index contributed by atoms with van der Waals surface area (Å²) in [5.74, 6) is 1.46. The third kappa shape index (κ3) is 6.55. The van der Waals surface area contributed by atoms with E-state index in [9.17, 15) is 9.59 Å². The van der Waals surface area contributed by atoms with Crippen LogP contribution < -0.4 is 10.1 Å². The first-order valence-electron chi connectivity index (χ1n) is 10.6. The molecule has 2 amide bonds. The van der Waals surface area contributed by atoms with Crippen molar-refractivity contribution in [3.63, 3.8) is 0 Å². The van der Waals surface area contributed by atoms with Gasteiger partial charge in [-0.25, -0.2) is 4.98 Å². The van der Waals surface area contributed by atoms with E-state index >= 15 is 0 Å². The molecule has 1 aliphatic rings. The molecule has 162 valence electrons. The molecular weight excluding hydrogens is 398 g/mol. The molecule has 2 heterocycles. The molecule has 7 heteroatoms. The molecule has 1 aromatic heterocycles. The highest BCUT2D eigenvalue weighted by Crippen LogP contribution is 2.23. The molecule has 1 aliphatic heterocycles. The fourth-order valence-electron chi connectivity index (χ4n) is 3.88. The van der Waals surface area contributed by atoms with E-state index in [1.165, 1.54) is 4.88 Å². The van der Waals surface area contributed by atoms with Crippen molar-refractivity contribution in [2.24, 2.45) is 5.92 Å². The van der Waals surface area contributed by atoms with Crippen molar-refractivity contribution in [1.29, 1.82) is 0 Å². The third-order valence-corrected chi connectivity index (χ3v) is 6.68. The smallest absolute Gasteiger partial charge is 0.222 e. The first kappa shape index (κ1) is 22.3. The average Bonchev–Trinajstić information content (AvgIpc) is 3.19. The lowest BCUT2D eigenvalue weighted by molar-refractivity contribution is -0.133. The van der Waals surface area contributed by atoms with E-state index in [-0.39, 0.29) is 11.8 Å². The Kier molecular flexibility index (Phi) is 8.25. The van der Waals surface area contributed by atoms with Crippen LogP contribution in [0.1, 0.15) is 48.2 Å². The predicted molar refractivity (Wildman–Crippen MR) is 119 cm³/mol. The van der Waals surface area contributed by atoms with Crippen molar-refractivity contribution in [2.45, 2.75) is 52.0 Å². The summed E-state index contributed by atoms with van der Waals surface area (Å²) in [7, 11) is 1.64. The highest BCUT2D eigenvalue weighted by atomic mass is 32.1. The number of aryl methyl sites for hydroxylation is 2. The number of likely N-dealkylation sites (tertiary alicyclic amines) is 1. The van der Waals surface area contributed by atoms with Crippen LogP contribution in [0.2, 0.25) is 0 Å². The summed E-state index contributed by atoms with van der Waals surface area (Å²) in [6.45, 7) is 4.09. The molecule has 1 N–H and O–H groups in total. The number of nitrogens with one attached hydrogen (secondary N) is 1. The van der Waals surface area contributed by atoms with Crippen molar-refractivity contribution < 1.29 is 14.3 Å². The molecule has 3 rings (SSSR count). The Bertz CT molecular complexity index is 852.